The molecule has 5 nitrogen and oxygen atoms in total. The van der Waals surface area contributed by atoms with Crippen LogP contribution in [0.4, 0.5) is 0 Å². The number of carbonyl (C=O) groups excluding carboxylic acids is 1. The van der Waals surface area contributed by atoms with Gasteiger partial charge in [-0.3, -0.25) is 14.2 Å². The number of amides is 1. The standard InChI is InChI=1S/C25H31N3O2S/c1-16(2)23-26-24-22(17(3)18(4)31-24)25(30)28(23)20-11-8-14-27(15-20)21(29)13-12-19-9-6-5-7-10-19/h5-7,9-10,16,20H,8,11-15H2,1-4H3. The van der Waals surface area contributed by atoms with Crippen LogP contribution in [-0.2, 0) is 11.2 Å². The summed E-state index contributed by atoms with van der Waals surface area (Å²) in [7, 11) is 0. The number of likely N-dealkylation sites (tertiary alicyclic amines) is 1. The van der Waals surface area contributed by atoms with E-state index in [0.29, 0.717) is 13.0 Å². The van der Waals surface area contributed by atoms with E-state index in [1.165, 1.54) is 5.56 Å². The third-order valence-corrected chi connectivity index (χ3v) is 7.46. The van der Waals surface area contributed by atoms with E-state index in [-0.39, 0.29) is 23.4 Å². The zero-order valence-corrected chi connectivity index (χ0v) is 19.7. The highest BCUT2D eigenvalue weighted by Crippen LogP contribution is 2.30. The zero-order chi connectivity index (χ0) is 22.1. The van der Waals surface area contributed by atoms with Crippen molar-refractivity contribution in [3.05, 3.63) is 62.5 Å². The molecule has 0 bridgehead atoms. The Morgan fingerprint density at radius 2 is 1.97 bits per heavy atom. The molecule has 1 unspecified atom stereocenters. The minimum Gasteiger partial charge on any atom is -0.341 e. The number of rotatable bonds is 5. The van der Waals surface area contributed by atoms with Gasteiger partial charge in [-0.25, -0.2) is 4.98 Å². The van der Waals surface area contributed by atoms with Crippen molar-refractivity contribution < 1.29 is 4.79 Å². The number of nitrogens with zero attached hydrogens (tertiary/aromatic N) is 3. The van der Waals surface area contributed by atoms with Crippen molar-refractivity contribution in [2.24, 2.45) is 0 Å². The molecule has 0 spiro atoms. The number of thiophene rings is 1. The molecule has 2 aromatic heterocycles. The lowest BCUT2D eigenvalue weighted by Crippen LogP contribution is -2.44. The molecule has 164 valence electrons. The van der Waals surface area contributed by atoms with E-state index in [0.717, 1.165) is 52.3 Å². The number of hydrogen-bond acceptors (Lipinski definition) is 4. The van der Waals surface area contributed by atoms with Crippen LogP contribution in [0.3, 0.4) is 0 Å². The van der Waals surface area contributed by atoms with Gasteiger partial charge >= 0.3 is 0 Å². The van der Waals surface area contributed by atoms with Crippen molar-refractivity contribution in [3.8, 4) is 0 Å². The highest BCUT2D eigenvalue weighted by Gasteiger charge is 2.29. The Balaban J connectivity index is 1.61. The van der Waals surface area contributed by atoms with E-state index in [4.69, 9.17) is 4.98 Å². The normalized spacial score (nSPS) is 16.9. The summed E-state index contributed by atoms with van der Waals surface area (Å²) in [6.45, 7) is 9.59. The maximum absolute atomic E-state index is 13.6. The molecule has 31 heavy (non-hydrogen) atoms. The summed E-state index contributed by atoms with van der Waals surface area (Å²) in [5.74, 6) is 1.15. The van der Waals surface area contributed by atoms with Crippen molar-refractivity contribution in [1.29, 1.82) is 0 Å². The third-order valence-electron chi connectivity index (χ3n) is 6.36. The first kappa shape index (κ1) is 21.8. The van der Waals surface area contributed by atoms with Crippen LogP contribution in [0.2, 0.25) is 0 Å². The number of aryl methyl sites for hydroxylation is 3. The molecule has 0 N–H and O–H groups in total. The van der Waals surface area contributed by atoms with Crippen molar-refractivity contribution in [2.45, 2.75) is 65.3 Å². The van der Waals surface area contributed by atoms with Gasteiger partial charge < -0.3 is 4.90 Å². The van der Waals surface area contributed by atoms with E-state index in [1.54, 1.807) is 11.3 Å². The topological polar surface area (TPSA) is 55.2 Å². The predicted molar refractivity (Wildman–Crippen MR) is 127 cm³/mol. The largest absolute Gasteiger partial charge is 0.341 e. The van der Waals surface area contributed by atoms with Crippen molar-refractivity contribution in [1.82, 2.24) is 14.5 Å². The first-order valence-electron chi connectivity index (χ1n) is 11.2. The Hall–Kier alpha value is -2.47. The van der Waals surface area contributed by atoms with Gasteiger partial charge in [-0.05, 0) is 44.2 Å². The van der Waals surface area contributed by atoms with Gasteiger partial charge in [0.1, 0.15) is 10.7 Å². The molecule has 1 amide bonds. The molecular formula is C25H31N3O2S. The smallest absolute Gasteiger partial charge is 0.262 e. The first-order chi connectivity index (χ1) is 14.9. The Bertz CT molecular complexity index is 1150. The van der Waals surface area contributed by atoms with Gasteiger partial charge in [-0.1, -0.05) is 44.2 Å². The van der Waals surface area contributed by atoms with Crippen LogP contribution in [0.25, 0.3) is 10.2 Å². The van der Waals surface area contributed by atoms with E-state index in [9.17, 15) is 9.59 Å². The predicted octanol–water partition coefficient (Wildman–Crippen LogP) is 4.99. The number of piperidine rings is 1. The number of hydrogen-bond donors (Lipinski definition) is 0. The highest BCUT2D eigenvalue weighted by molar-refractivity contribution is 7.18. The summed E-state index contributed by atoms with van der Waals surface area (Å²) in [5.41, 5.74) is 2.27. The summed E-state index contributed by atoms with van der Waals surface area (Å²) < 4.78 is 1.91. The Morgan fingerprint density at radius 1 is 1.23 bits per heavy atom. The molecule has 1 saturated heterocycles. The second-order valence-corrected chi connectivity index (χ2v) is 10.1. The lowest BCUT2D eigenvalue weighted by Gasteiger charge is -2.35. The second-order valence-electron chi connectivity index (χ2n) is 8.88. The summed E-state index contributed by atoms with van der Waals surface area (Å²) in [4.78, 5) is 35.4. The van der Waals surface area contributed by atoms with Crippen LogP contribution >= 0.6 is 11.3 Å². The van der Waals surface area contributed by atoms with Gasteiger partial charge in [0.25, 0.3) is 5.56 Å². The molecule has 0 radical (unpaired) electrons. The highest BCUT2D eigenvalue weighted by atomic mass is 32.1. The second kappa shape index (κ2) is 8.95. The molecule has 1 aliphatic heterocycles. The van der Waals surface area contributed by atoms with E-state index < -0.39 is 0 Å². The summed E-state index contributed by atoms with van der Waals surface area (Å²) in [5, 5.41) is 0.749. The summed E-state index contributed by atoms with van der Waals surface area (Å²) in [6, 6.07) is 10.1. The quantitative estimate of drug-likeness (QED) is 0.565. The van der Waals surface area contributed by atoms with Gasteiger partial charge in [-0.2, -0.15) is 0 Å². The monoisotopic (exact) mass is 437 g/mol. The lowest BCUT2D eigenvalue weighted by molar-refractivity contribution is -0.132. The molecule has 1 aliphatic rings. The van der Waals surface area contributed by atoms with Gasteiger partial charge in [0.15, 0.2) is 0 Å². The SMILES string of the molecule is Cc1sc2nc(C(C)C)n(C3CCCN(C(=O)CCc4ccccc4)C3)c(=O)c2c1C. The minimum atomic E-state index is -0.0177. The Labute approximate surface area is 187 Å². The van der Waals surface area contributed by atoms with Crippen molar-refractivity contribution in [2.75, 3.05) is 13.1 Å². The molecular weight excluding hydrogens is 406 g/mol. The molecule has 1 atom stereocenters. The molecule has 1 aromatic carbocycles. The maximum Gasteiger partial charge on any atom is 0.262 e. The van der Waals surface area contributed by atoms with Crippen LogP contribution in [0.1, 0.15) is 66.9 Å². The number of benzene rings is 1. The van der Waals surface area contributed by atoms with Gasteiger partial charge in [0, 0.05) is 30.3 Å². The van der Waals surface area contributed by atoms with Crippen molar-refractivity contribution in [3.63, 3.8) is 0 Å². The average molecular weight is 438 g/mol. The van der Waals surface area contributed by atoms with Crippen LogP contribution in [-0.4, -0.2) is 33.4 Å². The van der Waals surface area contributed by atoms with Gasteiger partial charge in [0.2, 0.25) is 5.91 Å². The van der Waals surface area contributed by atoms with Crippen LogP contribution in [0, 0.1) is 13.8 Å². The van der Waals surface area contributed by atoms with Gasteiger partial charge in [0.05, 0.1) is 11.4 Å². The molecule has 3 heterocycles. The van der Waals surface area contributed by atoms with Crippen LogP contribution in [0.5, 0.6) is 0 Å². The van der Waals surface area contributed by atoms with Crippen molar-refractivity contribution >= 4 is 27.5 Å². The number of aromatic nitrogens is 2. The molecule has 0 saturated carbocycles. The summed E-state index contributed by atoms with van der Waals surface area (Å²) >= 11 is 1.60. The molecule has 3 aromatic rings. The molecule has 0 aliphatic carbocycles. The van der Waals surface area contributed by atoms with E-state index in [2.05, 4.69) is 26.0 Å². The molecule has 6 heteroatoms. The van der Waals surface area contributed by atoms with Crippen LogP contribution in [0.15, 0.2) is 35.1 Å². The fourth-order valence-electron chi connectivity index (χ4n) is 4.53. The summed E-state index contributed by atoms with van der Waals surface area (Å²) in [6.07, 6.45) is 3.06. The lowest BCUT2D eigenvalue weighted by atomic mass is 10.0. The van der Waals surface area contributed by atoms with Gasteiger partial charge in [-0.15, -0.1) is 11.3 Å². The number of carbonyl (C=O) groups is 1. The molecule has 1 fully saturated rings. The third kappa shape index (κ3) is 4.31. The van der Waals surface area contributed by atoms with E-state index >= 15 is 0 Å². The first-order valence-corrected chi connectivity index (χ1v) is 12.0. The Kier molecular flexibility index (Phi) is 6.28. The van der Waals surface area contributed by atoms with E-state index in [1.807, 2.05) is 41.5 Å². The number of fused-ring (bicyclic) bond motifs is 1. The maximum atomic E-state index is 13.6. The Morgan fingerprint density at radius 3 is 2.68 bits per heavy atom. The minimum absolute atomic E-state index is 0.0177. The fourth-order valence-corrected chi connectivity index (χ4v) is 5.56. The fraction of sp³-hybridized carbons (Fsp3) is 0.480. The van der Waals surface area contributed by atoms with Crippen LogP contribution < -0.4 is 5.56 Å². The average Bonchev–Trinajstić information content (AvgIpc) is 3.06. The molecule has 4 rings (SSSR count). The zero-order valence-electron chi connectivity index (χ0n) is 18.9.